The van der Waals surface area contributed by atoms with E-state index in [1.54, 1.807) is 30.3 Å². The first-order chi connectivity index (χ1) is 19.0. The highest BCUT2D eigenvalue weighted by Gasteiger charge is 2.17. The number of halogens is 2. The Morgan fingerprint density at radius 2 is 1.62 bits per heavy atom. The standard InChI is InChI=1S/C31H22BrClN2O4/c32-26-15-12-22(16-27(26)33)34-30(36)19-39-31(37)25-17-29(35-28-9-5-4-8-24(25)28)21-10-13-23(14-11-21)38-18-20-6-2-1-3-7-20/h1-17H,18-19H2,(H,34,36). The molecule has 0 aliphatic carbocycles. The summed E-state index contributed by atoms with van der Waals surface area (Å²) in [5, 5.41) is 3.76. The molecule has 0 bridgehead atoms. The number of nitrogens with one attached hydrogen (secondary N) is 1. The minimum atomic E-state index is -0.623. The Hall–Kier alpha value is -4.20. The van der Waals surface area contributed by atoms with Crippen molar-refractivity contribution in [3.05, 3.63) is 124 Å². The molecular formula is C31H22BrClN2O4. The van der Waals surface area contributed by atoms with Crippen LogP contribution in [0.3, 0.4) is 0 Å². The summed E-state index contributed by atoms with van der Waals surface area (Å²) in [6.07, 6.45) is 0. The van der Waals surface area contributed by atoms with Gasteiger partial charge in [-0.25, -0.2) is 9.78 Å². The van der Waals surface area contributed by atoms with Gasteiger partial charge in [0.25, 0.3) is 5.91 Å². The molecule has 5 rings (SSSR count). The van der Waals surface area contributed by atoms with Gasteiger partial charge in [0.15, 0.2) is 6.61 Å². The van der Waals surface area contributed by atoms with Gasteiger partial charge in [-0.3, -0.25) is 4.79 Å². The smallest absolute Gasteiger partial charge is 0.339 e. The summed E-state index contributed by atoms with van der Waals surface area (Å²) in [6, 6.07) is 31.4. The van der Waals surface area contributed by atoms with Gasteiger partial charge in [-0.05, 0) is 76.1 Å². The molecule has 4 aromatic carbocycles. The van der Waals surface area contributed by atoms with E-state index in [4.69, 9.17) is 26.1 Å². The van der Waals surface area contributed by atoms with Gasteiger partial charge < -0.3 is 14.8 Å². The Kier molecular flexibility index (Phi) is 8.20. The molecule has 8 heteroatoms. The number of pyridine rings is 1. The van der Waals surface area contributed by atoms with E-state index in [0.29, 0.717) is 43.9 Å². The summed E-state index contributed by atoms with van der Waals surface area (Å²) in [7, 11) is 0. The van der Waals surface area contributed by atoms with Crippen molar-refractivity contribution in [1.29, 1.82) is 0 Å². The molecule has 1 N–H and O–H groups in total. The second-order valence-corrected chi connectivity index (χ2v) is 9.89. The molecule has 0 unspecified atom stereocenters. The summed E-state index contributed by atoms with van der Waals surface area (Å²) in [6.45, 7) is 0.0127. The summed E-state index contributed by atoms with van der Waals surface area (Å²) in [5.74, 6) is -0.380. The van der Waals surface area contributed by atoms with Crippen molar-refractivity contribution in [2.45, 2.75) is 6.61 Å². The Labute approximate surface area is 238 Å². The van der Waals surface area contributed by atoms with Crippen LogP contribution in [0.5, 0.6) is 5.75 Å². The van der Waals surface area contributed by atoms with E-state index in [1.165, 1.54) is 0 Å². The van der Waals surface area contributed by atoms with Gasteiger partial charge in [0.05, 0.1) is 21.8 Å². The number of anilines is 1. The van der Waals surface area contributed by atoms with Crippen molar-refractivity contribution in [2.24, 2.45) is 0 Å². The van der Waals surface area contributed by atoms with Crippen molar-refractivity contribution < 1.29 is 19.1 Å². The number of hydrogen-bond acceptors (Lipinski definition) is 5. The number of ether oxygens (including phenoxy) is 2. The number of benzene rings is 4. The Balaban J connectivity index is 1.31. The first-order valence-electron chi connectivity index (χ1n) is 12.1. The largest absolute Gasteiger partial charge is 0.489 e. The average Bonchev–Trinajstić information content (AvgIpc) is 2.97. The zero-order valence-electron chi connectivity index (χ0n) is 20.6. The Bertz CT molecular complexity index is 1640. The van der Waals surface area contributed by atoms with Gasteiger partial charge in [-0.15, -0.1) is 0 Å². The van der Waals surface area contributed by atoms with E-state index < -0.39 is 18.5 Å². The van der Waals surface area contributed by atoms with Gasteiger partial charge in [0.1, 0.15) is 12.4 Å². The van der Waals surface area contributed by atoms with Crippen LogP contribution in [-0.2, 0) is 16.1 Å². The van der Waals surface area contributed by atoms with Gasteiger partial charge in [-0.2, -0.15) is 0 Å². The maximum Gasteiger partial charge on any atom is 0.339 e. The molecule has 0 saturated heterocycles. The highest BCUT2D eigenvalue weighted by molar-refractivity contribution is 9.10. The van der Waals surface area contributed by atoms with Gasteiger partial charge >= 0.3 is 5.97 Å². The molecule has 1 amide bonds. The lowest BCUT2D eigenvalue weighted by molar-refractivity contribution is -0.119. The van der Waals surface area contributed by atoms with Crippen LogP contribution < -0.4 is 10.1 Å². The molecule has 194 valence electrons. The second kappa shape index (κ2) is 12.1. The maximum atomic E-state index is 13.1. The predicted octanol–water partition coefficient (Wildman–Crippen LogP) is 7.69. The van der Waals surface area contributed by atoms with Crippen molar-refractivity contribution in [3.8, 4) is 17.0 Å². The number of amides is 1. The molecule has 5 aromatic rings. The molecule has 0 fully saturated rings. The number of carbonyl (C=O) groups excluding carboxylic acids is 2. The van der Waals surface area contributed by atoms with Crippen molar-refractivity contribution >= 4 is 56.0 Å². The molecular weight excluding hydrogens is 580 g/mol. The first-order valence-corrected chi connectivity index (χ1v) is 13.2. The number of aromatic nitrogens is 1. The van der Waals surface area contributed by atoms with Crippen molar-refractivity contribution in [1.82, 2.24) is 4.98 Å². The summed E-state index contributed by atoms with van der Waals surface area (Å²) < 4.78 is 12.0. The Morgan fingerprint density at radius 1 is 0.872 bits per heavy atom. The van der Waals surface area contributed by atoms with Crippen LogP contribution in [0.2, 0.25) is 5.02 Å². The van der Waals surface area contributed by atoms with Gasteiger partial charge in [-0.1, -0.05) is 60.1 Å². The van der Waals surface area contributed by atoms with Crippen molar-refractivity contribution in [3.63, 3.8) is 0 Å². The maximum absolute atomic E-state index is 13.1. The average molecular weight is 602 g/mol. The summed E-state index contributed by atoms with van der Waals surface area (Å²) in [5.41, 5.74) is 3.95. The minimum absolute atomic E-state index is 0.319. The predicted molar refractivity (Wildman–Crippen MR) is 156 cm³/mol. The lowest BCUT2D eigenvalue weighted by Crippen LogP contribution is -2.21. The fourth-order valence-corrected chi connectivity index (χ4v) is 4.36. The third kappa shape index (κ3) is 6.63. The quantitative estimate of drug-likeness (QED) is 0.185. The lowest BCUT2D eigenvalue weighted by atomic mass is 10.0. The van der Waals surface area contributed by atoms with Gasteiger partial charge in [0.2, 0.25) is 0 Å². The number of para-hydroxylation sites is 1. The zero-order valence-corrected chi connectivity index (χ0v) is 22.9. The van der Waals surface area contributed by atoms with Crippen LogP contribution in [0.25, 0.3) is 22.2 Å². The minimum Gasteiger partial charge on any atom is -0.489 e. The number of rotatable bonds is 8. The monoisotopic (exact) mass is 600 g/mol. The fraction of sp³-hybridized carbons (Fsp3) is 0.0645. The van der Waals surface area contributed by atoms with E-state index in [2.05, 4.69) is 21.2 Å². The molecule has 0 aliphatic heterocycles. The van der Waals surface area contributed by atoms with Crippen LogP contribution in [-0.4, -0.2) is 23.5 Å². The van der Waals surface area contributed by atoms with Crippen LogP contribution in [0.1, 0.15) is 15.9 Å². The topological polar surface area (TPSA) is 77.5 Å². The molecule has 6 nitrogen and oxygen atoms in total. The number of esters is 1. The van der Waals surface area contributed by atoms with E-state index in [0.717, 1.165) is 16.9 Å². The lowest BCUT2D eigenvalue weighted by Gasteiger charge is -2.11. The molecule has 39 heavy (non-hydrogen) atoms. The highest BCUT2D eigenvalue weighted by atomic mass is 79.9. The molecule has 0 atom stereocenters. The third-order valence-electron chi connectivity index (χ3n) is 5.87. The number of fused-ring (bicyclic) bond motifs is 1. The normalized spacial score (nSPS) is 10.7. The molecule has 0 aliphatic rings. The summed E-state index contributed by atoms with van der Waals surface area (Å²) >= 11 is 9.39. The Morgan fingerprint density at radius 3 is 2.38 bits per heavy atom. The van der Waals surface area contributed by atoms with Crippen LogP contribution >= 0.6 is 27.5 Å². The highest BCUT2D eigenvalue weighted by Crippen LogP contribution is 2.28. The van der Waals surface area contributed by atoms with Crippen LogP contribution in [0, 0.1) is 0 Å². The van der Waals surface area contributed by atoms with Gasteiger partial charge in [0, 0.05) is 21.1 Å². The fourth-order valence-electron chi connectivity index (χ4n) is 3.93. The van der Waals surface area contributed by atoms with E-state index >= 15 is 0 Å². The second-order valence-electron chi connectivity index (χ2n) is 8.62. The van der Waals surface area contributed by atoms with Crippen LogP contribution in [0.15, 0.2) is 108 Å². The third-order valence-corrected chi connectivity index (χ3v) is 7.10. The SMILES string of the molecule is O=C(COC(=O)c1cc(-c2ccc(OCc3ccccc3)cc2)nc2ccccc12)Nc1ccc(Br)c(Cl)c1. The molecule has 0 radical (unpaired) electrons. The van der Waals surface area contributed by atoms with Crippen molar-refractivity contribution in [2.75, 3.05) is 11.9 Å². The van der Waals surface area contributed by atoms with E-state index in [-0.39, 0.29) is 0 Å². The zero-order chi connectivity index (χ0) is 27.2. The molecule has 1 aromatic heterocycles. The molecule has 0 spiro atoms. The van der Waals surface area contributed by atoms with Crippen LogP contribution in [0.4, 0.5) is 5.69 Å². The number of hydrogen-bond donors (Lipinski definition) is 1. The summed E-state index contributed by atoms with van der Waals surface area (Å²) in [4.78, 5) is 30.2. The molecule has 0 saturated carbocycles. The van der Waals surface area contributed by atoms with E-state index in [9.17, 15) is 9.59 Å². The first kappa shape index (κ1) is 26.4. The number of nitrogens with zero attached hydrogens (tertiary/aromatic N) is 1. The molecule has 1 heterocycles. The van der Waals surface area contributed by atoms with E-state index in [1.807, 2.05) is 72.8 Å². The number of carbonyl (C=O) groups is 2.